The summed E-state index contributed by atoms with van der Waals surface area (Å²) in [5.41, 5.74) is 2.45. The first-order valence-electron chi connectivity index (χ1n) is 7.36. The second kappa shape index (κ2) is 4.17. The summed E-state index contributed by atoms with van der Waals surface area (Å²) in [5, 5.41) is 0. The predicted molar refractivity (Wildman–Crippen MR) is 73.1 cm³/mol. The van der Waals surface area contributed by atoms with Gasteiger partial charge in [0.2, 0.25) is 0 Å². The van der Waals surface area contributed by atoms with Crippen LogP contribution in [0.5, 0.6) is 0 Å². The summed E-state index contributed by atoms with van der Waals surface area (Å²) in [7, 11) is 0. The average Bonchev–Trinajstić information content (AvgIpc) is 3.21. The van der Waals surface area contributed by atoms with E-state index in [4.69, 9.17) is 4.74 Å². The van der Waals surface area contributed by atoms with E-state index < -0.39 is 0 Å². The molecule has 2 heteroatoms. The molecule has 1 aromatic rings. The van der Waals surface area contributed by atoms with Crippen molar-refractivity contribution in [3.63, 3.8) is 0 Å². The van der Waals surface area contributed by atoms with Crippen LogP contribution in [-0.2, 0) is 4.74 Å². The van der Waals surface area contributed by atoms with Crippen LogP contribution < -0.4 is 0 Å². The Kier molecular flexibility index (Phi) is 2.56. The fourth-order valence-corrected chi connectivity index (χ4v) is 4.00. The molecule has 2 fully saturated rings. The lowest BCUT2D eigenvalue weighted by Crippen LogP contribution is -2.40. The van der Waals surface area contributed by atoms with Crippen molar-refractivity contribution in [2.75, 3.05) is 6.61 Å². The van der Waals surface area contributed by atoms with Crippen molar-refractivity contribution in [3.05, 3.63) is 41.7 Å². The molecule has 0 amide bonds. The number of benzene rings is 1. The first-order valence-corrected chi connectivity index (χ1v) is 7.36. The summed E-state index contributed by atoms with van der Waals surface area (Å²) in [4.78, 5) is 0. The SMILES string of the molecule is Fc1cccc(C2=CCC3(CC2)OCCC2CC23)c1. The minimum Gasteiger partial charge on any atom is -0.374 e. The second-order valence-corrected chi connectivity index (χ2v) is 6.25. The Balaban J connectivity index is 1.57. The van der Waals surface area contributed by atoms with Gasteiger partial charge < -0.3 is 4.74 Å². The van der Waals surface area contributed by atoms with E-state index in [9.17, 15) is 4.39 Å². The number of halogens is 1. The molecule has 0 N–H and O–H groups in total. The smallest absolute Gasteiger partial charge is 0.123 e. The fourth-order valence-electron chi connectivity index (χ4n) is 4.00. The van der Waals surface area contributed by atoms with Gasteiger partial charge in [0.1, 0.15) is 5.82 Å². The lowest BCUT2D eigenvalue weighted by Gasteiger charge is -2.40. The van der Waals surface area contributed by atoms with Crippen LogP contribution in [0.2, 0.25) is 0 Å². The maximum atomic E-state index is 13.3. The zero-order valence-electron chi connectivity index (χ0n) is 11.1. The van der Waals surface area contributed by atoms with Crippen LogP contribution in [-0.4, -0.2) is 12.2 Å². The summed E-state index contributed by atoms with van der Waals surface area (Å²) in [6.07, 6.45) is 8.05. The van der Waals surface area contributed by atoms with Gasteiger partial charge in [0.05, 0.1) is 5.60 Å². The van der Waals surface area contributed by atoms with E-state index in [0.29, 0.717) is 0 Å². The summed E-state index contributed by atoms with van der Waals surface area (Å²) >= 11 is 0. The minimum absolute atomic E-state index is 0.125. The third-order valence-electron chi connectivity index (χ3n) is 5.18. The lowest BCUT2D eigenvalue weighted by molar-refractivity contribution is -0.0926. The molecule has 2 aliphatic carbocycles. The molecule has 1 aromatic carbocycles. The molecule has 100 valence electrons. The van der Waals surface area contributed by atoms with E-state index in [1.807, 2.05) is 6.07 Å². The number of rotatable bonds is 1. The first kappa shape index (κ1) is 11.7. The zero-order valence-corrected chi connectivity index (χ0v) is 11.1. The number of allylic oxidation sites excluding steroid dienone is 1. The topological polar surface area (TPSA) is 9.23 Å². The Hall–Kier alpha value is -1.15. The second-order valence-electron chi connectivity index (χ2n) is 6.25. The molecule has 1 spiro atoms. The van der Waals surface area contributed by atoms with Gasteiger partial charge in [0.15, 0.2) is 0 Å². The summed E-state index contributed by atoms with van der Waals surface area (Å²) in [5.74, 6) is 1.58. The highest BCUT2D eigenvalue weighted by atomic mass is 19.1. The Morgan fingerprint density at radius 1 is 1.32 bits per heavy atom. The van der Waals surface area contributed by atoms with Gasteiger partial charge in [-0.05, 0) is 67.2 Å². The molecule has 0 bridgehead atoms. The molecule has 19 heavy (non-hydrogen) atoms. The van der Waals surface area contributed by atoms with Gasteiger partial charge in [-0.25, -0.2) is 4.39 Å². The number of ether oxygens (including phenoxy) is 1. The van der Waals surface area contributed by atoms with E-state index in [2.05, 4.69) is 6.08 Å². The third-order valence-corrected chi connectivity index (χ3v) is 5.18. The molecule has 4 rings (SSSR count). The Bertz CT molecular complexity index is 536. The largest absolute Gasteiger partial charge is 0.374 e. The summed E-state index contributed by atoms with van der Waals surface area (Å²) < 4.78 is 19.4. The highest BCUT2D eigenvalue weighted by Crippen LogP contribution is 2.58. The monoisotopic (exact) mass is 258 g/mol. The molecule has 1 nitrogen and oxygen atoms in total. The van der Waals surface area contributed by atoms with Gasteiger partial charge in [-0.3, -0.25) is 0 Å². The molecular weight excluding hydrogens is 239 g/mol. The van der Waals surface area contributed by atoms with E-state index in [-0.39, 0.29) is 11.4 Å². The highest BCUT2D eigenvalue weighted by Gasteiger charge is 2.55. The van der Waals surface area contributed by atoms with Gasteiger partial charge in [-0.1, -0.05) is 18.2 Å². The van der Waals surface area contributed by atoms with Crippen molar-refractivity contribution < 1.29 is 9.13 Å². The van der Waals surface area contributed by atoms with Crippen molar-refractivity contribution in [3.8, 4) is 0 Å². The van der Waals surface area contributed by atoms with E-state index in [1.54, 1.807) is 12.1 Å². The predicted octanol–water partition coefficient (Wildman–Crippen LogP) is 4.19. The van der Waals surface area contributed by atoms with Crippen molar-refractivity contribution in [2.45, 2.75) is 37.7 Å². The summed E-state index contributed by atoms with van der Waals surface area (Å²) in [6.45, 7) is 0.935. The quantitative estimate of drug-likeness (QED) is 0.734. The van der Waals surface area contributed by atoms with Crippen LogP contribution in [0.3, 0.4) is 0 Å². The molecule has 3 aliphatic rings. The van der Waals surface area contributed by atoms with Crippen LogP contribution in [0.25, 0.3) is 5.57 Å². The Morgan fingerprint density at radius 2 is 2.26 bits per heavy atom. The number of fused-ring (bicyclic) bond motifs is 2. The van der Waals surface area contributed by atoms with Crippen molar-refractivity contribution in [1.82, 2.24) is 0 Å². The molecule has 0 radical (unpaired) electrons. The number of hydrogen-bond donors (Lipinski definition) is 0. The normalized spacial score (nSPS) is 36.8. The van der Waals surface area contributed by atoms with Crippen LogP contribution in [0.15, 0.2) is 30.3 Å². The number of hydrogen-bond acceptors (Lipinski definition) is 1. The van der Waals surface area contributed by atoms with E-state index in [0.717, 1.165) is 43.3 Å². The first-order chi connectivity index (χ1) is 9.27. The van der Waals surface area contributed by atoms with Gasteiger partial charge >= 0.3 is 0 Å². The summed E-state index contributed by atoms with van der Waals surface area (Å²) in [6, 6.07) is 6.96. The molecule has 1 aliphatic heterocycles. The van der Waals surface area contributed by atoms with Gasteiger partial charge in [-0.2, -0.15) is 0 Å². The third kappa shape index (κ3) is 1.93. The standard InChI is InChI=1S/C17H19FO/c18-15-3-1-2-13(10-15)12-4-7-17(8-5-12)16-11-14(16)6-9-19-17/h1-4,10,14,16H,5-9,11H2. The minimum atomic E-state index is -0.144. The van der Waals surface area contributed by atoms with Crippen LogP contribution in [0, 0.1) is 17.7 Å². The zero-order chi connectivity index (χ0) is 12.9. The van der Waals surface area contributed by atoms with Crippen LogP contribution in [0.1, 0.15) is 37.7 Å². The van der Waals surface area contributed by atoms with Crippen LogP contribution >= 0.6 is 0 Å². The van der Waals surface area contributed by atoms with Crippen molar-refractivity contribution in [1.29, 1.82) is 0 Å². The van der Waals surface area contributed by atoms with Crippen LogP contribution in [0.4, 0.5) is 4.39 Å². The van der Waals surface area contributed by atoms with E-state index in [1.165, 1.54) is 24.5 Å². The molecule has 3 atom stereocenters. The van der Waals surface area contributed by atoms with Crippen molar-refractivity contribution >= 4 is 5.57 Å². The highest BCUT2D eigenvalue weighted by molar-refractivity contribution is 5.66. The molecule has 1 heterocycles. The van der Waals surface area contributed by atoms with Gasteiger partial charge in [0.25, 0.3) is 0 Å². The van der Waals surface area contributed by atoms with Crippen molar-refractivity contribution in [2.24, 2.45) is 11.8 Å². The molecule has 3 unspecified atom stereocenters. The maximum Gasteiger partial charge on any atom is 0.123 e. The molecule has 1 saturated heterocycles. The molecule has 1 saturated carbocycles. The Labute approximate surface area is 113 Å². The molecular formula is C17H19FO. The lowest BCUT2D eigenvalue weighted by atomic mass is 9.78. The fraction of sp³-hybridized carbons (Fsp3) is 0.529. The molecule has 0 aromatic heterocycles. The Morgan fingerprint density at radius 3 is 3.05 bits per heavy atom. The average molecular weight is 258 g/mol. The van der Waals surface area contributed by atoms with E-state index >= 15 is 0 Å². The van der Waals surface area contributed by atoms with Gasteiger partial charge in [0, 0.05) is 6.61 Å². The van der Waals surface area contributed by atoms with Gasteiger partial charge in [-0.15, -0.1) is 0 Å². The maximum absolute atomic E-state index is 13.3.